The number of hydrogen-bond acceptors (Lipinski definition) is 4. The molecule has 0 unspecified atom stereocenters. The highest BCUT2D eigenvalue weighted by atomic mass is 16.5. The first-order valence-corrected chi connectivity index (χ1v) is 5.25. The van der Waals surface area contributed by atoms with Gasteiger partial charge in [-0.2, -0.15) is 0 Å². The Kier molecular flexibility index (Phi) is 3.14. The maximum atomic E-state index is 10.9. The third-order valence-corrected chi connectivity index (χ3v) is 2.34. The molecular formula is C13H12O4. The lowest BCUT2D eigenvalue weighted by Gasteiger charge is -2.09. The second kappa shape index (κ2) is 4.74. The van der Waals surface area contributed by atoms with Gasteiger partial charge in [0.1, 0.15) is 5.76 Å². The normalized spacial score (nSPS) is 10.2. The standard InChI is InChI=1S/C13H12O4/c1-2-16-12-7-9(11-4-3-5-17-11)6-10(8-14)13(12)15/h3-8,15H,2H2,1H3. The molecule has 88 valence electrons. The predicted octanol–water partition coefficient (Wildman–Crippen LogP) is 2.86. The summed E-state index contributed by atoms with van der Waals surface area (Å²) in [5, 5.41) is 9.76. The molecule has 0 bridgehead atoms. The minimum absolute atomic E-state index is 0.142. The van der Waals surface area contributed by atoms with Crippen LogP contribution in [0.5, 0.6) is 11.5 Å². The molecule has 1 N–H and O–H groups in total. The van der Waals surface area contributed by atoms with Crippen LogP contribution in [0.1, 0.15) is 17.3 Å². The average molecular weight is 232 g/mol. The van der Waals surface area contributed by atoms with Gasteiger partial charge in [0.15, 0.2) is 17.8 Å². The zero-order valence-electron chi connectivity index (χ0n) is 9.34. The monoisotopic (exact) mass is 232 g/mol. The fourth-order valence-electron chi connectivity index (χ4n) is 1.57. The van der Waals surface area contributed by atoms with Crippen LogP contribution in [0.15, 0.2) is 34.9 Å². The average Bonchev–Trinajstić information content (AvgIpc) is 2.85. The van der Waals surface area contributed by atoms with Crippen molar-refractivity contribution in [1.82, 2.24) is 0 Å². The molecule has 0 amide bonds. The van der Waals surface area contributed by atoms with E-state index in [0.717, 1.165) is 0 Å². The number of hydrogen-bond donors (Lipinski definition) is 1. The Bertz CT molecular complexity index is 514. The van der Waals surface area contributed by atoms with Crippen molar-refractivity contribution in [2.45, 2.75) is 6.92 Å². The number of furan rings is 1. The number of phenolic OH excluding ortho intramolecular Hbond substituents is 1. The highest BCUT2D eigenvalue weighted by molar-refractivity contribution is 5.84. The minimum atomic E-state index is -0.142. The Morgan fingerprint density at radius 2 is 2.29 bits per heavy atom. The zero-order chi connectivity index (χ0) is 12.3. The second-order valence-corrected chi connectivity index (χ2v) is 3.44. The molecule has 0 radical (unpaired) electrons. The van der Waals surface area contributed by atoms with Gasteiger partial charge in [0.25, 0.3) is 0 Å². The van der Waals surface area contributed by atoms with Crippen LogP contribution in [0.2, 0.25) is 0 Å². The van der Waals surface area contributed by atoms with E-state index >= 15 is 0 Å². The molecule has 0 saturated carbocycles. The SMILES string of the molecule is CCOc1cc(-c2ccco2)cc(C=O)c1O. The Hall–Kier alpha value is -2.23. The summed E-state index contributed by atoms with van der Waals surface area (Å²) in [6, 6.07) is 6.73. The van der Waals surface area contributed by atoms with Gasteiger partial charge in [0.2, 0.25) is 0 Å². The molecule has 2 rings (SSSR count). The second-order valence-electron chi connectivity index (χ2n) is 3.44. The number of rotatable bonds is 4. The fraction of sp³-hybridized carbons (Fsp3) is 0.154. The topological polar surface area (TPSA) is 59.7 Å². The van der Waals surface area contributed by atoms with Crippen molar-refractivity contribution in [3.05, 3.63) is 36.1 Å². The molecule has 0 aliphatic rings. The molecule has 17 heavy (non-hydrogen) atoms. The van der Waals surface area contributed by atoms with E-state index in [9.17, 15) is 9.90 Å². The smallest absolute Gasteiger partial charge is 0.168 e. The van der Waals surface area contributed by atoms with Gasteiger partial charge in [0.05, 0.1) is 18.4 Å². The molecule has 4 nitrogen and oxygen atoms in total. The van der Waals surface area contributed by atoms with Crippen molar-refractivity contribution in [3.8, 4) is 22.8 Å². The van der Waals surface area contributed by atoms with Gasteiger partial charge in [-0.3, -0.25) is 4.79 Å². The van der Waals surface area contributed by atoms with E-state index in [-0.39, 0.29) is 17.1 Å². The molecule has 0 spiro atoms. The van der Waals surface area contributed by atoms with Gasteiger partial charge in [0, 0.05) is 5.56 Å². The molecule has 1 aromatic heterocycles. The largest absolute Gasteiger partial charge is 0.504 e. The lowest BCUT2D eigenvalue weighted by Crippen LogP contribution is -1.95. The molecule has 0 saturated heterocycles. The van der Waals surface area contributed by atoms with E-state index < -0.39 is 0 Å². The van der Waals surface area contributed by atoms with Crippen molar-refractivity contribution >= 4 is 6.29 Å². The first kappa shape index (κ1) is 11.3. The third-order valence-electron chi connectivity index (χ3n) is 2.34. The van der Waals surface area contributed by atoms with Crippen LogP contribution >= 0.6 is 0 Å². The number of ether oxygens (including phenoxy) is 1. The van der Waals surface area contributed by atoms with Gasteiger partial charge in [-0.05, 0) is 31.2 Å². The maximum absolute atomic E-state index is 10.9. The van der Waals surface area contributed by atoms with E-state index in [1.165, 1.54) is 0 Å². The van der Waals surface area contributed by atoms with Crippen LogP contribution in [0, 0.1) is 0 Å². The summed E-state index contributed by atoms with van der Waals surface area (Å²) >= 11 is 0. The predicted molar refractivity (Wildman–Crippen MR) is 62.4 cm³/mol. The summed E-state index contributed by atoms with van der Waals surface area (Å²) in [5.41, 5.74) is 0.876. The maximum Gasteiger partial charge on any atom is 0.168 e. The summed E-state index contributed by atoms with van der Waals surface area (Å²) < 4.78 is 10.5. The zero-order valence-corrected chi connectivity index (χ0v) is 9.34. The lowest BCUT2D eigenvalue weighted by atomic mass is 10.1. The van der Waals surface area contributed by atoms with E-state index in [1.807, 2.05) is 0 Å². The quantitative estimate of drug-likeness (QED) is 0.823. The summed E-state index contributed by atoms with van der Waals surface area (Å²) in [5.74, 6) is 0.759. The minimum Gasteiger partial charge on any atom is -0.504 e. The van der Waals surface area contributed by atoms with Crippen LogP contribution in [0.3, 0.4) is 0 Å². The van der Waals surface area contributed by atoms with Gasteiger partial charge in [-0.15, -0.1) is 0 Å². The molecule has 0 atom stereocenters. The number of phenols is 1. The molecular weight excluding hydrogens is 220 g/mol. The lowest BCUT2D eigenvalue weighted by molar-refractivity contribution is 0.112. The van der Waals surface area contributed by atoms with Crippen LogP contribution < -0.4 is 4.74 Å². The number of aldehydes is 1. The van der Waals surface area contributed by atoms with Gasteiger partial charge >= 0.3 is 0 Å². The summed E-state index contributed by atoms with van der Waals surface area (Å²) in [6.07, 6.45) is 2.13. The van der Waals surface area contributed by atoms with Crippen molar-refractivity contribution in [2.24, 2.45) is 0 Å². The Morgan fingerprint density at radius 3 is 2.88 bits per heavy atom. The van der Waals surface area contributed by atoms with Crippen molar-refractivity contribution < 1.29 is 19.1 Å². The van der Waals surface area contributed by atoms with Crippen LogP contribution in [0.4, 0.5) is 0 Å². The molecule has 1 aromatic carbocycles. The Labute approximate surface area is 98.4 Å². The highest BCUT2D eigenvalue weighted by Crippen LogP contribution is 2.35. The Balaban J connectivity index is 2.54. The van der Waals surface area contributed by atoms with Gasteiger partial charge in [-0.25, -0.2) is 0 Å². The highest BCUT2D eigenvalue weighted by Gasteiger charge is 2.12. The fourth-order valence-corrected chi connectivity index (χ4v) is 1.57. The molecule has 0 fully saturated rings. The molecule has 2 aromatic rings. The Morgan fingerprint density at radius 1 is 1.47 bits per heavy atom. The summed E-state index contributed by atoms with van der Waals surface area (Å²) in [4.78, 5) is 10.9. The van der Waals surface area contributed by atoms with Crippen molar-refractivity contribution in [1.29, 1.82) is 0 Å². The van der Waals surface area contributed by atoms with E-state index in [1.54, 1.807) is 37.5 Å². The van der Waals surface area contributed by atoms with Gasteiger partial charge in [-0.1, -0.05) is 0 Å². The molecule has 0 aliphatic heterocycles. The van der Waals surface area contributed by atoms with E-state index in [4.69, 9.17) is 9.15 Å². The molecule has 0 aliphatic carbocycles. The third kappa shape index (κ3) is 2.15. The molecule has 4 heteroatoms. The van der Waals surface area contributed by atoms with Gasteiger partial charge < -0.3 is 14.3 Å². The van der Waals surface area contributed by atoms with E-state index in [0.29, 0.717) is 24.2 Å². The number of benzene rings is 1. The van der Waals surface area contributed by atoms with Crippen LogP contribution in [-0.4, -0.2) is 18.0 Å². The first-order chi connectivity index (χ1) is 8.26. The van der Waals surface area contributed by atoms with E-state index in [2.05, 4.69) is 0 Å². The van der Waals surface area contributed by atoms with Crippen molar-refractivity contribution in [2.75, 3.05) is 6.61 Å². The van der Waals surface area contributed by atoms with Crippen molar-refractivity contribution in [3.63, 3.8) is 0 Å². The van der Waals surface area contributed by atoms with Crippen LogP contribution in [-0.2, 0) is 0 Å². The number of carbonyl (C=O) groups excluding carboxylic acids is 1. The number of aromatic hydroxyl groups is 1. The summed E-state index contributed by atoms with van der Waals surface area (Å²) in [6.45, 7) is 2.22. The number of carbonyl (C=O) groups is 1. The first-order valence-electron chi connectivity index (χ1n) is 5.25. The molecule has 1 heterocycles. The summed E-state index contributed by atoms with van der Waals surface area (Å²) in [7, 11) is 0. The van der Waals surface area contributed by atoms with Crippen LogP contribution in [0.25, 0.3) is 11.3 Å².